The van der Waals surface area contributed by atoms with Gasteiger partial charge in [-0.2, -0.15) is 0 Å². The second-order valence-corrected chi connectivity index (χ2v) is 7.79. The zero-order chi connectivity index (χ0) is 17.6. The number of anilines is 1. The van der Waals surface area contributed by atoms with Gasteiger partial charge < -0.3 is 10.1 Å². The molecule has 1 heterocycles. The Labute approximate surface area is 155 Å². The second-order valence-electron chi connectivity index (χ2n) is 5.35. The van der Waals surface area contributed by atoms with Crippen LogP contribution in [0.25, 0.3) is 11.3 Å². The number of amides is 1. The van der Waals surface area contributed by atoms with Crippen LogP contribution in [0, 0.1) is 0 Å². The summed E-state index contributed by atoms with van der Waals surface area (Å²) in [5, 5.41) is 4.68. The molecule has 25 heavy (non-hydrogen) atoms. The molecule has 4 nitrogen and oxygen atoms in total. The topological polar surface area (TPSA) is 51.2 Å². The van der Waals surface area contributed by atoms with Gasteiger partial charge in [-0.25, -0.2) is 4.98 Å². The van der Waals surface area contributed by atoms with Crippen LogP contribution in [0.4, 0.5) is 5.69 Å². The maximum Gasteiger partial charge on any atom is 0.237 e. The van der Waals surface area contributed by atoms with E-state index < -0.39 is 0 Å². The fourth-order valence-corrected chi connectivity index (χ4v) is 4.17. The van der Waals surface area contributed by atoms with Gasteiger partial charge >= 0.3 is 0 Å². The van der Waals surface area contributed by atoms with Crippen LogP contribution in [0.15, 0.2) is 64.3 Å². The third-order valence-corrected chi connectivity index (χ3v) is 5.61. The third kappa shape index (κ3) is 4.61. The van der Waals surface area contributed by atoms with Crippen LogP contribution in [-0.2, 0) is 4.79 Å². The Kier molecular flexibility index (Phi) is 5.73. The van der Waals surface area contributed by atoms with Gasteiger partial charge in [0.15, 0.2) is 4.34 Å². The van der Waals surface area contributed by atoms with Gasteiger partial charge in [-0.05, 0) is 19.1 Å². The summed E-state index contributed by atoms with van der Waals surface area (Å²) in [6, 6.07) is 17.4. The molecule has 1 N–H and O–H groups in total. The minimum Gasteiger partial charge on any atom is -0.497 e. The van der Waals surface area contributed by atoms with E-state index in [-0.39, 0.29) is 11.2 Å². The zero-order valence-corrected chi connectivity index (χ0v) is 15.6. The molecule has 0 aliphatic carbocycles. The molecule has 0 radical (unpaired) electrons. The van der Waals surface area contributed by atoms with Gasteiger partial charge in [0.2, 0.25) is 5.91 Å². The smallest absolute Gasteiger partial charge is 0.237 e. The summed E-state index contributed by atoms with van der Waals surface area (Å²) in [4.78, 5) is 17.0. The van der Waals surface area contributed by atoms with Crippen LogP contribution in [0.2, 0.25) is 0 Å². The van der Waals surface area contributed by atoms with Gasteiger partial charge in [0.05, 0.1) is 18.1 Å². The molecule has 3 rings (SSSR count). The number of aromatic nitrogens is 1. The predicted molar refractivity (Wildman–Crippen MR) is 104 cm³/mol. The lowest BCUT2D eigenvalue weighted by Crippen LogP contribution is -2.22. The number of ether oxygens (including phenoxy) is 1. The highest BCUT2D eigenvalue weighted by molar-refractivity contribution is 8.02. The lowest BCUT2D eigenvalue weighted by atomic mass is 10.2. The number of nitrogens with one attached hydrogen (secondary N) is 1. The van der Waals surface area contributed by atoms with Gasteiger partial charge in [0, 0.05) is 22.7 Å². The summed E-state index contributed by atoms with van der Waals surface area (Å²) < 4.78 is 6.05. The van der Waals surface area contributed by atoms with E-state index in [1.807, 2.05) is 60.8 Å². The number of carbonyl (C=O) groups excluding carboxylic acids is 1. The zero-order valence-electron chi connectivity index (χ0n) is 13.9. The van der Waals surface area contributed by atoms with E-state index in [4.69, 9.17) is 4.74 Å². The first-order valence-electron chi connectivity index (χ1n) is 7.78. The van der Waals surface area contributed by atoms with E-state index in [0.717, 1.165) is 21.3 Å². The van der Waals surface area contributed by atoms with Crippen molar-refractivity contribution in [1.82, 2.24) is 4.98 Å². The summed E-state index contributed by atoms with van der Waals surface area (Å²) >= 11 is 3.01. The largest absolute Gasteiger partial charge is 0.497 e. The molecule has 3 aromatic rings. The Hall–Kier alpha value is -2.31. The number of thiazole rings is 1. The monoisotopic (exact) mass is 370 g/mol. The summed E-state index contributed by atoms with van der Waals surface area (Å²) in [5.74, 6) is 0.653. The van der Waals surface area contributed by atoms with Crippen molar-refractivity contribution in [3.8, 4) is 17.0 Å². The molecule has 128 valence electrons. The SMILES string of the molecule is COc1cccc(NC(=O)[C@H](C)Sc2nc(-c3ccccc3)cs2)c1. The standard InChI is InChI=1S/C19H18N2O2S2/c1-13(18(22)20-15-9-6-10-16(11-15)23-2)25-19-21-17(12-24-19)14-7-4-3-5-8-14/h3-13H,1-2H3,(H,20,22)/t13-/m0/s1. The van der Waals surface area contributed by atoms with Crippen molar-refractivity contribution in [2.24, 2.45) is 0 Å². The molecule has 0 unspecified atom stereocenters. The lowest BCUT2D eigenvalue weighted by Gasteiger charge is -2.11. The molecule has 0 saturated carbocycles. The van der Waals surface area contributed by atoms with Gasteiger partial charge in [-0.3, -0.25) is 4.79 Å². The molecule has 1 atom stereocenters. The number of carbonyl (C=O) groups is 1. The van der Waals surface area contributed by atoms with Crippen molar-refractivity contribution >= 4 is 34.7 Å². The Morgan fingerprint density at radius 1 is 1.20 bits per heavy atom. The summed E-state index contributed by atoms with van der Waals surface area (Å²) in [6.45, 7) is 1.88. The van der Waals surface area contributed by atoms with E-state index >= 15 is 0 Å². The Bertz CT molecular complexity index is 849. The number of hydrogen-bond donors (Lipinski definition) is 1. The normalized spacial score (nSPS) is 11.8. The van der Waals surface area contributed by atoms with Crippen molar-refractivity contribution in [2.75, 3.05) is 12.4 Å². The first-order chi connectivity index (χ1) is 12.2. The number of methoxy groups -OCH3 is 1. The molecule has 1 amide bonds. The number of rotatable bonds is 6. The average molecular weight is 370 g/mol. The maximum atomic E-state index is 12.4. The summed E-state index contributed by atoms with van der Waals surface area (Å²) in [6.07, 6.45) is 0. The second kappa shape index (κ2) is 8.18. The molecule has 0 aliphatic rings. The molecule has 0 saturated heterocycles. The molecular formula is C19H18N2O2S2. The van der Waals surface area contributed by atoms with Crippen LogP contribution in [-0.4, -0.2) is 23.3 Å². The average Bonchev–Trinajstić information content (AvgIpc) is 3.11. The van der Waals surface area contributed by atoms with Crippen molar-refractivity contribution in [3.63, 3.8) is 0 Å². The summed E-state index contributed by atoms with van der Waals surface area (Å²) in [5.41, 5.74) is 2.74. The van der Waals surface area contributed by atoms with Crippen molar-refractivity contribution < 1.29 is 9.53 Å². The number of benzene rings is 2. The molecule has 0 bridgehead atoms. The molecule has 0 fully saturated rings. The highest BCUT2D eigenvalue weighted by atomic mass is 32.2. The van der Waals surface area contributed by atoms with Gasteiger partial charge in [-0.15, -0.1) is 11.3 Å². The molecule has 0 spiro atoms. The van der Waals surface area contributed by atoms with Crippen LogP contribution in [0.1, 0.15) is 6.92 Å². The molecule has 1 aromatic heterocycles. The highest BCUT2D eigenvalue weighted by Gasteiger charge is 2.17. The minimum atomic E-state index is -0.249. The quantitative estimate of drug-likeness (QED) is 0.625. The van der Waals surface area contributed by atoms with Crippen molar-refractivity contribution in [3.05, 3.63) is 60.0 Å². The predicted octanol–water partition coefficient (Wildman–Crippen LogP) is 4.94. The minimum absolute atomic E-state index is 0.0604. The van der Waals surface area contributed by atoms with Crippen LogP contribution >= 0.6 is 23.1 Å². The third-order valence-electron chi connectivity index (χ3n) is 3.54. The number of hydrogen-bond acceptors (Lipinski definition) is 5. The van der Waals surface area contributed by atoms with E-state index in [1.165, 1.54) is 11.8 Å². The van der Waals surface area contributed by atoms with E-state index in [2.05, 4.69) is 10.3 Å². The van der Waals surface area contributed by atoms with Crippen molar-refractivity contribution in [2.45, 2.75) is 16.5 Å². The van der Waals surface area contributed by atoms with Crippen molar-refractivity contribution in [1.29, 1.82) is 0 Å². The molecular weight excluding hydrogens is 352 g/mol. The Morgan fingerprint density at radius 2 is 2.00 bits per heavy atom. The van der Waals surface area contributed by atoms with Gasteiger partial charge in [-0.1, -0.05) is 48.2 Å². The fraction of sp³-hybridized carbons (Fsp3) is 0.158. The first kappa shape index (κ1) is 17.5. The Balaban J connectivity index is 1.62. The molecule has 2 aromatic carbocycles. The van der Waals surface area contributed by atoms with E-state index in [1.54, 1.807) is 24.5 Å². The number of nitrogens with zero attached hydrogens (tertiary/aromatic N) is 1. The first-order valence-corrected chi connectivity index (χ1v) is 9.54. The lowest BCUT2D eigenvalue weighted by molar-refractivity contribution is -0.115. The summed E-state index contributed by atoms with van der Waals surface area (Å²) in [7, 11) is 1.60. The van der Waals surface area contributed by atoms with E-state index in [0.29, 0.717) is 5.75 Å². The molecule has 0 aliphatic heterocycles. The van der Waals surface area contributed by atoms with Gasteiger partial charge in [0.1, 0.15) is 5.75 Å². The van der Waals surface area contributed by atoms with Gasteiger partial charge in [0.25, 0.3) is 0 Å². The van der Waals surface area contributed by atoms with Crippen LogP contribution < -0.4 is 10.1 Å². The highest BCUT2D eigenvalue weighted by Crippen LogP contribution is 2.31. The van der Waals surface area contributed by atoms with E-state index in [9.17, 15) is 4.79 Å². The number of thioether (sulfide) groups is 1. The molecule has 6 heteroatoms. The fourth-order valence-electron chi connectivity index (χ4n) is 2.20. The maximum absolute atomic E-state index is 12.4. The van der Waals surface area contributed by atoms with Crippen LogP contribution in [0.3, 0.4) is 0 Å². The Morgan fingerprint density at radius 3 is 2.76 bits per heavy atom. The van der Waals surface area contributed by atoms with Crippen LogP contribution in [0.5, 0.6) is 5.75 Å².